The Morgan fingerprint density at radius 1 is 1.10 bits per heavy atom. The highest BCUT2D eigenvalue weighted by Crippen LogP contribution is 2.26. The van der Waals surface area contributed by atoms with Crippen molar-refractivity contribution < 1.29 is 0 Å². The Morgan fingerprint density at radius 2 is 1.83 bits per heavy atom. The van der Waals surface area contributed by atoms with Gasteiger partial charge in [-0.3, -0.25) is 9.88 Å². The highest BCUT2D eigenvalue weighted by atomic mass is 127. The molecule has 1 aromatic carbocycles. The molecule has 0 radical (unpaired) electrons. The van der Waals surface area contributed by atoms with E-state index in [0.29, 0.717) is 12.6 Å². The monoisotopic (exact) mass is 507 g/mol. The fourth-order valence-electron chi connectivity index (χ4n) is 3.66. The number of rotatable bonds is 7. The summed E-state index contributed by atoms with van der Waals surface area (Å²) in [4.78, 5) is 11.7. The molecule has 1 aliphatic heterocycles. The van der Waals surface area contributed by atoms with Crippen LogP contribution in [0.4, 0.5) is 0 Å². The summed E-state index contributed by atoms with van der Waals surface area (Å²) in [7, 11) is 0. The molecule has 2 N–H and O–H groups in total. The molecule has 5 nitrogen and oxygen atoms in total. The lowest BCUT2D eigenvalue weighted by Crippen LogP contribution is -2.45. The summed E-state index contributed by atoms with van der Waals surface area (Å²) in [5, 5.41) is 6.93. The van der Waals surface area contributed by atoms with Gasteiger partial charge in [0.2, 0.25) is 0 Å². The molecule has 1 unspecified atom stereocenters. The van der Waals surface area contributed by atoms with E-state index >= 15 is 0 Å². The average Bonchev–Trinajstić information content (AvgIpc) is 2.75. The molecule has 2 aromatic rings. The number of hydrogen-bond acceptors (Lipinski definition) is 3. The minimum atomic E-state index is 0. The summed E-state index contributed by atoms with van der Waals surface area (Å²) in [6.07, 6.45) is 4.36. The lowest BCUT2D eigenvalue weighted by atomic mass is 9.95. The Bertz CT molecular complexity index is 715. The van der Waals surface area contributed by atoms with Crippen molar-refractivity contribution in [3.8, 4) is 0 Å². The van der Waals surface area contributed by atoms with E-state index in [9.17, 15) is 0 Å². The number of hydrogen-bond donors (Lipinski definition) is 2. The van der Waals surface area contributed by atoms with Crippen molar-refractivity contribution >= 4 is 29.9 Å². The van der Waals surface area contributed by atoms with Crippen LogP contribution in [0.3, 0.4) is 0 Å². The molecular weight excluding hydrogens is 473 g/mol. The van der Waals surface area contributed by atoms with Gasteiger partial charge in [0.1, 0.15) is 0 Å². The number of nitrogens with zero attached hydrogens (tertiary/aromatic N) is 3. The summed E-state index contributed by atoms with van der Waals surface area (Å²) < 4.78 is 0. The van der Waals surface area contributed by atoms with Crippen molar-refractivity contribution in [3.63, 3.8) is 0 Å². The highest BCUT2D eigenvalue weighted by molar-refractivity contribution is 14.0. The minimum absolute atomic E-state index is 0. The van der Waals surface area contributed by atoms with Gasteiger partial charge in [-0.25, -0.2) is 4.99 Å². The van der Waals surface area contributed by atoms with Crippen molar-refractivity contribution in [3.05, 3.63) is 66.0 Å². The van der Waals surface area contributed by atoms with Crippen LogP contribution in [-0.4, -0.2) is 42.0 Å². The number of piperidine rings is 1. The van der Waals surface area contributed by atoms with E-state index in [1.165, 1.54) is 18.4 Å². The first-order chi connectivity index (χ1) is 13.8. The number of nitrogens with one attached hydrogen (secondary N) is 2. The second kappa shape index (κ2) is 12.8. The molecule has 1 atom stereocenters. The van der Waals surface area contributed by atoms with Gasteiger partial charge in [0.15, 0.2) is 5.96 Å². The standard InChI is InChI=1S/C23H33N5.HI/c1-3-24-23(26-17-21-11-7-8-14-25-21)27-18-22(20-9-5-4-6-10-20)28-15-12-19(2)13-16-28;/h4-11,14,19,22H,3,12-13,15-18H2,1-2H3,(H2,24,26,27);1H. The van der Waals surface area contributed by atoms with E-state index < -0.39 is 0 Å². The number of halogens is 1. The van der Waals surface area contributed by atoms with E-state index in [1.807, 2.05) is 24.4 Å². The first-order valence-electron chi connectivity index (χ1n) is 10.5. The molecule has 0 spiro atoms. The Morgan fingerprint density at radius 3 is 2.48 bits per heavy atom. The van der Waals surface area contributed by atoms with E-state index in [0.717, 1.165) is 43.8 Å². The molecule has 29 heavy (non-hydrogen) atoms. The topological polar surface area (TPSA) is 52.6 Å². The lowest BCUT2D eigenvalue weighted by molar-refractivity contribution is 0.138. The van der Waals surface area contributed by atoms with E-state index in [4.69, 9.17) is 4.99 Å². The van der Waals surface area contributed by atoms with Crippen molar-refractivity contribution in [1.82, 2.24) is 20.5 Å². The molecule has 3 rings (SSSR count). The molecule has 1 aromatic heterocycles. The summed E-state index contributed by atoms with van der Waals surface area (Å²) in [5.41, 5.74) is 2.34. The number of guanidine groups is 1. The minimum Gasteiger partial charge on any atom is -0.357 e. The second-order valence-corrected chi connectivity index (χ2v) is 7.54. The third-order valence-corrected chi connectivity index (χ3v) is 5.38. The first-order valence-corrected chi connectivity index (χ1v) is 10.5. The zero-order valence-corrected chi connectivity index (χ0v) is 19.9. The number of benzene rings is 1. The van der Waals surface area contributed by atoms with Crippen molar-refractivity contribution in [2.75, 3.05) is 26.2 Å². The van der Waals surface area contributed by atoms with Crippen LogP contribution in [0.5, 0.6) is 0 Å². The van der Waals surface area contributed by atoms with Crippen molar-refractivity contribution in [2.24, 2.45) is 10.9 Å². The largest absolute Gasteiger partial charge is 0.357 e. The Hall–Kier alpha value is -1.67. The lowest BCUT2D eigenvalue weighted by Gasteiger charge is -2.37. The van der Waals surface area contributed by atoms with Gasteiger partial charge in [-0.2, -0.15) is 0 Å². The van der Waals surface area contributed by atoms with Gasteiger partial charge in [0, 0.05) is 19.3 Å². The fraction of sp³-hybridized carbons (Fsp3) is 0.478. The number of pyridine rings is 1. The predicted octanol–water partition coefficient (Wildman–Crippen LogP) is 4.23. The summed E-state index contributed by atoms with van der Waals surface area (Å²) in [6, 6.07) is 17.1. The van der Waals surface area contributed by atoms with Gasteiger partial charge >= 0.3 is 0 Å². The quantitative estimate of drug-likeness (QED) is 0.335. The second-order valence-electron chi connectivity index (χ2n) is 7.54. The van der Waals surface area contributed by atoms with Crippen LogP contribution in [0.2, 0.25) is 0 Å². The number of aromatic nitrogens is 1. The normalized spacial score (nSPS) is 16.7. The van der Waals surface area contributed by atoms with Gasteiger partial charge in [0.05, 0.1) is 18.3 Å². The molecule has 1 aliphatic rings. The molecule has 0 aliphatic carbocycles. The zero-order valence-electron chi connectivity index (χ0n) is 17.6. The maximum atomic E-state index is 4.72. The summed E-state index contributed by atoms with van der Waals surface area (Å²) in [6.45, 7) is 9.03. The van der Waals surface area contributed by atoms with Crippen LogP contribution in [0.1, 0.15) is 44.0 Å². The van der Waals surface area contributed by atoms with Gasteiger partial charge in [-0.15, -0.1) is 24.0 Å². The van der Waals surface area contributed by atoms with E-state index in [1.54, 1.807) is 0 Å². The average molecular weight is 507 g/mol. The van der Waals surface area contributed by atoms with Crippen molar-refractivity contribution in [1.29, 1.82) is 0 Å². The summed E-state index contributed by atoms with van der Waals surface area (Å²) >= 11 is 0. The van der Waals surface area contributed by atoms with Gasteiger partial charge in [-0.05, 0) is 56.5 Å². The van der Waals surface area contributed by atoms with E-state index in [2.05, 4.69) is 64.7 Å². The fourth-order valence-corrected chi connectivity index (χ4v) is 3.66. The molecule has 0 saturated carbocycles. The van der Waals surface area contributed by atoms with Crippen LogP contribution in [-0.2, 0) is 6.54 Å². The SMILES string of the molecule is CCNC(=NCc1ccccn1)NCC(c1ccccc1)N1CCC(C)CC1.I. The maximum Gasteiger partial charge on any atom is 0.191 e. The third kappa shape index (κ3) is 7.59. The van der Waals surface area contributed by atoms with Gasteiger partial charge in [-0.1, -0.05) is 43.3 Å². The zero-order chi connectivity index (χ0) is 19.6. The van der Waals surface area contributed by atoms with Crippen LogP contribution in [0.15, 0.2) is 59.7 Å². The molecule has 1 saturated heterocycles. The van der Waals surface area contributed by atoms with Gasteiger partial charge in [0.25, 0.3) is 0 Å². The molecule has 0 bridgehead atoms. The van der Waals surface area contributed by atoms with E-state index in [-0.39, 0.29) is 24.0 Å². The predicted molar refractivity (Wildman–Crippen MR) is 132 cm³/mol. The van der Waals surface area contributed by atoms with Crippen molar-refractivity contribution in [2.45, 2.75) is 39.3 Å². The Kier molecular flexibility index (Phi) is 10.4. The molecule has 0 amide bonds. The van der Waals surface area contributed by atoms with Crippen LogP contribution in [0.25, 0.3) is 0 Å². The molecular formula is C23H34IN5. The maximum absolute atomic E-state index is 4.72. The molecule has 2 heterocycles. The molecule has 1 fully saturated rings. The number of aliphatic imine (C=N–C) groups is 1. The highest BCUT2D eigenvalue weighted by Gasteiger charge is 2.24. The smallest absolute Gasteiger partial charge is 0.191 e. The van der Waals surface area contributed by atoms with Crippen LogP contribution < -0.4 is 10.6 Å². The Labute approximate surface area is 192 Å². The van der Waals surface area contributed by atoms with Crippen LogP contribution >= 0.6 is 24.0 Å². The summed E-state index contributed by atoms with van der Waals surface area (Å²) in [5.74, 6) is 1.68. The van der Waals surface area contributed by atoms with Gasteiger partial charge < -0.3 is 10.6 Å². The number of likely N-dealkylation sites (tertiary alicyclic amines) is 1. The Balaban J connectivity index is 0.00000300. The van der Waals surface area contributed by atoms with Crippen LogP contribution in [0, 0.1) is 5.92 Å². The molecule has 6 heteroatoms. The first kappa shape index (κ1) is 23.6. The third-order valence-electron chi connectivity index (χ3n) is 5.38. The molecule has 158 valence electrons.